The van der Waals surface area contributed by atoms with Gasteiger partial charge in [0, 0.05) is 10.5 Å². The lowest BCUT2D eigenvalue weighted by molar-refractivity contribution is 0.243. The first-order chi connectivity index (χ1) is 10.0. The van der Waals surface area contributed by atoms with Gasteiger partial charge in [-0.3, -0.25) is 0 Å². The maximum Gasteiger partial charge on any atom is 0.142 e. The molecule has 0 aromatic heterocycles. The molecule has 0 aliphatic rings. The highest BCUT2D eigenvalue weighted by atomic mass is 79.9. The molecule has 0 aliphatic heterocycles. The van der Waals surface area contributed by atoms with E-state index in [-0.39, 0.29) is 6.10 Å². The van der Waals surface area contributed by atoms with Gasteiger partial charge in [-0.2, -0.15) is 0 Å². The van der Waals surface area contributed by atoms with Crippen LogP contribution in [0.2, 0.25) is 0 Å². The fourth-order valence-electron chi connectivity index (χ4n) is 2.23. The van der Waals surface area contributed by atoms with E-state index in [0.717, 1.165) is 22.3 Å². The minimum atomic E-state index is 0.176. The molecule has 0 radical (unpaired) electrons. The Hall–Kier alpha value is -1.48. The molecule has 1 N–H and O–H groups in total. The summed E-state index contributed by atoms with van der Waals surface area (Å²) < 4.78 is 6.96. The Balaban J connectivity index is 2.02. The van der Waals surface area contributed by atoms with E-state index < -0.39 is 0 Å². The second-order valence-corrected chi connectivity index (χ2v) is 6.45. The zero-order valence-corrected chi connectivity index (χ0v) is 14.4. The van der Waals surface area contributed by atoms with Gasteiger partial charge < -0.3 is 10.1 Å². The summed E-state index contributed by atoms with van der Waals surface area (Å²) in [4.78, 5) is 0. The second kappa shape index (κ2) is 7.51. The molecule has 0 heterocycles. The molecule has 21 heavy (non-hydrogen) atoms. The van der Waals surface area contributed by atoms with Crippen molar-refractivity contribution < 1.29 is 4.74 Å². The summed E-state index contributed by atoms with van der Waals surface area (Å²) in [6, 6.07) is 16.9. The van der Waals surface area contributed by atoms with Gasteiger partial charge in [0.2, 0.25) is 0 Å². The van der Waals surface area contributed by atoms with Gasteiger partial charge in [0.25, 0.3) is 0 Å². The SMILES string of the molecule is CC(Cc1ccc(Br)cc1)Nc1ccccc1OC(C)C. The van der Waals surface area contributed by atoms with E-state index >= 15 is 0 Å². The summed E-state index contributed by atoms with van der Waals surface area (Å²) >= 11 is 3.47. The van der Waals surface area contributed by atoms with Crippen molar-refractivity contribution in [1.82, 2.24) is 0 Å². The van der Waals surface area contributed by atoms with Crippen LogP contribution in [0.4, 0.5) is 5.69 Å². The quantitative estimate of drug-likeness (QED) is 0.767. The Bertz CT molecular complexity index is 566. The predicted molar refractivity (Wildman–Crippen MR) is 93.1 cm³/mol. The van der Waals surface area contributed by atoms with Crippen LogP contribution in [0, 0.1) is 0 Å². The zero-order valence-electron chi connectivity index (χ0n) is 12.8. The molecule has 1 unspecified atom stereocenters. The maximum atomic E-state index is 5.84. The Morgan fingerprint density at radius 2 is 1.67 bits per heavy atom. The van der Waals surface area contributed by atoms with Crippen LogP contribution in [0.25, 0.3) is 0 Å². The molecule has 0 spiro atoms. The van der Waals surface area contributed by atoms with Crippen LogP contribution in [0.3, 0.4) is 0 Å². The number of rotatable bonds is 6. The number of anilines is 1. The molecule has 2 aromatic carbocycles. The Morgan fingerprint density at radius 1 is 1.00 bits per heavy atom. The van der Waals surface area contributed by atoms with Crippen molar-refractivity contribution in [3.05, 3.63) is 58.6 Å². The molecule has 112 valence electrons. The highest BCUT2D eigenvalue weighted by Gasteiger charge is 2.09. The molecule has 0 saturated carbocycles. The van der Waals surface area contributed by atoms with Crippen LogP contribution >= 0.6 is 15.9 Å². The van der Waals surface area contributed by atoms with Crippen molar-refractivity contribution in [3.63, 3.8) is 0 Å². The molecular weight excluding hydrogens is 326 g/mol. The summed E-state index contributed by atoms with van der Waals surface area (Å²) in [6.45, 7) is 6.28. The molecule has 0 amide bonds. The van der Waals surface area contributed by atoms with Gasteiger partial charge in [-0.15, -0.1) is 0 Å². The van der Waals surface area contributed by atoms with E-state index in [9.17, 15) is 0 Å². The molecule has 2 aromatic rings. The first kappa shape index (κ1) is 15.9. The number of nitrogens with one attached hydrogen (secondary N) is 1. The van der Waals surface area contributed by atoms with Crippen molar-refractivity contribution in [3.8, 4) is 5.75 Å². The smallest absolute Gasteiger partial charge is 0.142 e. The highest BCUT2D eigenvalue weighted by Crippen LogP contribution is 2.26. The zero-order chi connectivity index (χ0) is 15.2. The lowest BCUT2D eigenvalue weighted by Gasteiger charge is -2.19. The molecule has 2 rings (SSSR count). The third-order valence-electron chi connectivity index (χ3n) is 3.11. The van der Waals surface area contributed by atoms with Crippen molar-refractivity contribution in [2.45, 2.75) is 39.3 Å². The molecule has 0 saturated heterocycles. The van der Waals surface area contributed by atoms with Crippen molar-refractivity contribution in [2.24, 2.45) is 0 Å². The van der Waals surface area contributed by atoms with Crippen LogP contribution < -0.4 is 10.1 Å². The monoisotopic (exact) mass is 347 g/mol. The standard InChI is InChI=1S/C18H22BrNO/c1-13(2)21-18-7-5-4-6-17(18)20-14(3)12-15-8-10-16(19)11-9-15/h4-11,13-14,20H,12H2,1-3H3. The number of benzene rings is 2. The Labute approximate surface area is 135 Å². The fourth-order valence-corrected chi connectivity index (χ4v) is 2.50. The predicted octanol–water partition coefficient (Wildman–Crippen LogP) is 5.28. The van der Waals surface area contributed by atoms with E-state index in [0.29, 0.717) is 6.04 Å². The van der Waals surface area contributed by atoms with Crippen molar-refractivity contribution >= 4 is 21.6 Å². The summed E-state index contributed by atoms with van der Waals surface area (Å²) in [5.41, 5.74) is 2.37. The largest absolute Gasteiger partial charge is 0.489 e. The van der Waals surface area contributed by atoms with Crippen LogP contribution in [0.5, 0.6) is 5.75 Å². The molecule has 0 fully saturated rings. The normalized spacial score (nSPS) is 12.2. The first-order valence-electron chi connectivity index (χ1n) is 7.31. The summed E-state index contributed by atoms with van der Waals surface area (Å²) in [6.07, 6.45) is 1.15. The minimum absolute atomic E-state index is 0.176. The summed E-state index contributed by atoms with van der Waals surface area (Å²) in [5, 5.41) is 3.54. The van der Waals surface area contributed by atoms with Crippen LogP contribution in [0.15, 0.2) is 53.0 Å². The van der Waals surface area contributed by atoms with E-state index in [4.69, 9.17) is 4.74 Å². The van der Waals surface area contributed by atoms with Crippen molar-refractivity contribution in [2.75, 3.05) is 5.32 Å². The third-order valence-corrected chi connectivity index (χ3v) is 3.64. The van der Waals surface area contributed by atoms with Crippen LogP contribution in [-0.2, 0) is 6.42 Å². The Kier molecular flexibility index (Phi) is 5.68. The minimum Gasteiger partial charge on any atom is -0.489 e. The molecular formula is C18H22BrNO. The summed E-state index contributed by atoms with van der Waals surface area (Å²) in [7, 11) is 0. The number of hydrogen-bond acceptors (Lipinski definition) is 2. The van der Waals surface area contributed by atoms with E-state index in [1.54, 1.807) is 0 Å². The molecule has 0 aliphatic carbocycles. The van der Waals surface area contributed by atoms with Gasteiger partial charge in [0.05, 0.1) is 11.8 Å². The lowest BCUT2D eigenvalue weighted by Crippen LogP contribution is -2.19. The van der Waals surface area contributed by atoms with Crippen molar-refractivity contribution in [1.29, 1.82) is 0 Å². The number of hydrogen-bond donors (Lipinski definition) is 1. The van der Waals surface area contributed by atoms with E-state index in [1.807, 2.05) is 32.0 Å². The molecule has 3 heteroatoms. The number of ether oxygens (including phenoxy) is 1. The molecule has 1 atom stereocenters. The average molecular weight is 348 g/mol. The second-order valence-electron chi connectivity index (χ2n) is 5.54. The number of halogens is 1. The van der Waals surface area contributed by atoms with Gasteiger partial charge in [-0.25, -0.2) is 0 Å². The molecule has 0 bridgehead atoms. The molecule has 2 nitrogen and oxygen atoms in total. The van der Waals surface area contributed by atoms with Gasteiger partial charge in [-0.1, -0.05) is 40.2 Å². The average Bonchev–Trinajstić information content (AvgIpc) is 2.43. The topological polar surface area (TPSA) is 21.3 Å². The van der Waals surface area contributed by atoms with Gasteiger partial charge in [0.1, 0.15) is 5.75 Å². The number of para-hydroxylation sites is 2. The highest BCUT2D eigenvalue weighted by molar-refractivity contribution is 9.10. The van der Waals surface area contributed by atoms with Crippen LogP contribution in [-0.4, -0.2) is 12.1 Å². The fraction of sp³-hybridized carbons (Fsp3) is 0.333. The van der Waals surface area contributed by atoms with Gasteiger partial charge in [-0.05, 0) is 57.0 Å². The van der Waals surface area contributed by atoms with E-state index in [2.05, 4.69) is 58.5 Å². The Morgan fingerprint density at radius 3 is 2.33 bits per heavy atom. The maximum absolute atomic E-state index is 5.84. The lowest BCUT2D eigenvalue weighted by atomic mass is 10.1. The van der Waals surface area contributed by atoms with Gasteiger partial charge in [0.15, 0.2) is 0 Å². The first-order valence-corrected chi connectivity index (χ1v) is 8.10. The van der Waals surface area contributed by atoms with Gasteiger partial charge >= 0.3 is 0 Å². The van der Waals surface area contributed by atoms with E-state index in [1.165, 1.54) is 5.56 Å². The van der Waals surface area contributed by atoms with Crippen LogP contribution in [0.1, 0.15) is 26.3 Å². The third kappa shape index (κ3) is 5.09. The summed E-state index contributed by atoms with van der Waals surface area (Å²) in [5.74, 6) is 0.912.